The van der Waals surface area contributed by atoms with Crippen molar-refractivity contribution in [1.82, 2.24) is 15.3 Å². The summed E-state index contributed by atoms with van der Waals surface area (Å²) in [4.78, 5) is 146. The van der Waals surface area contributed by atoms with Gasteiger partial charge in [-0.3, -0.25) is 71.1 Å². The monoisotopic (exact) mass is 1860 g/mol. The lowest BCUT2D eigenvalue weighted by molar-refractivity contribution is -0.295. The number of ether oxygens (including phenoxy) is 18. The van der Waals surface area contributed by atoms with Gasteiger partial charge in [0.05, 0.1) is 38.1 Å². The maximum atomic E-state index is 15.4. The number of nitrogens with one attached hydrogen (secondary N) is 3. The summed E-state index contributed by atoms with van der Waals surface area (Å²) in [7, 11) is -10.5. The van der Waals surface area contributed by atoms with Crippen molar-refractivity contribution in [3.63, 3.8) is 0 Å². The average molecular weight is 1860 g/mol. The maximum Gasteiger partial charge on any atom is 0.461 e. The third-order valence-corrected chi connectivity index (χ3v) is 21.1. The standard InChI is InChI=1S/3C26H37FNO13P/c3*1-14(2)35-25(32)15(3)28-42(33,40-19-11-9-8-10-12-19)41-26-24(38-18(6)31)23(37-17(5)30)22(36-16(4)29)21(39-26)20(27)13-34-7/h3*8-12,14-15,20-24,26H,13H2,1-7H3,(H,28,33)/t15-,20-,21?,22+,23?,24+,26-,42?;15-,20-,21?,22+,23?,24+,26-,42+;15-,20-,21?,22+,23?,24+,26-,42-/m000/s1. The van der Waals surface area contributed by atoms with Gasteiger partial charge in [0.2, 0.25) is 18.9 Å². The van der Waals surface area contributed by atoms with Gasteiger partial charge in [-0.2, -0.15) is 15.3 Å². The van der Waals surface area contributed by atoms with E-state index in [0.29, 0.717) is 0 Å². The van der Waals surface area contributed by atoms with Gasteiger partial charge >= 0.3 is 94.9 Å². The summed E-state index contributed by atoms with van der Waals surface area (Å²) < 4.78 is 218. The number of halogens is 3. The van der Waals surface area contributed by atoms with E-state index in [9.17, 15) is 71.2 Å². The minimum Gasteiger partial charge on any atom is -0.462 e. The summed E-state index contributed by atoms with van der Waals surface area (Å²) in [5.74, 6) is -10.5. The SMILES string of the molecule is COC[C@H](F)C1O[C@@H](OP(=O)(N[C@@H](C)C(=O)OC(C)C)Oc2ccccc2)[C@H](OC(C)=O)C(OC(C)=O)[C@@H]1OC(C)=O.COC[C@H](F)C1O[C@@H](O[P@@](=O)(N[C@@H](C)C(=O)OC(C)C)Oc2ccccc2)[C@H](OC(C)=O)C(OC(C)=O)[C@@H]1OC(C)=O.COC[C@H](F)C1O[C@@H](O[P@](=O)(N[C@@H](C)C(=O)OC(C)C)Oc2ccccc2)[C@H](OC(C)=O)C(OC(C)=O)[C@@H]1OC(C)=O. The van der Waals surface area contributed by atoms with Crippen LogP contribution in [0.1, 0.15) is 125 Å². The summed E-state index contributed by atoms with van der Waals surface area (Å²) >= 11 is 0. The Morgan fingerprint density at radius 2 is 0.492 bits per heavy atom. The third kappa shape index (κ3) is 36.8. The first-order valence-corrected chi connectivity index (χ1v) is 43.5. The fourth-order valence-electron chi connectivity index (χ4n) is 11.7. The first kappa shape index (κ1) is 109. The molecule has 48 heteroatoms. The van der Waals surface area contributed by atoms with Gasteiger partial charge in [-0.15, -0.1) is 0 Å². The number of hydrogen-bond donors (Lipinski definition) is 3. The van der Waals surface area contributed by atoms with Crippen LogP contribution in [-0.2, 0) is 170 Å². The Labute approximate surface area is 725 Å². The van der Waals surface area contributed by atoms with Gasteiger partial charge in [0.25, 0.3) is 0 Å². The smallest absolute Gasteiger partial charge is 0.461 e. The van der Waals surface area contributed by atoms with Crippen LogP contribution in [0.25, 0.3) is 0 Å². The first-order chi connectivity index (χ1) is 59.0. The molecule has 0 spiro atoms. The van der Waals surface area contributed by atoms with Crippen LogP contribution in [-0.4, -0.2) is 260 Å². The second kappa shape index (κ2) is 52.2. The van der Waals surface area contributed by atoms with Crippen LogP contribution in [0.5, 0.6) is 17.2 Å². The Morgan fingerprint density at radius 1 is 0.310 bits per heavy atom. The molecule has 6 rings (SSSR count). The lowest BCUT2D eigenvalue weighted by Gasteiger charge is -2.45. The summed E-state index contributed by atoms with van der Waals surface area (Å²) in [5, 5.41) is 7.32. The predicted octanol–water partition coefficient (Wildman–Crippen LogP) is 7.87. The van der Waals surface area contributed by atoms with Crippen LogP contribution in [0.3, 0.4) is 0 Å². The first-order valence-electron chi connectivity index (χ1n) is 38.9. The van der Waals surface area contributed by atoms with Gasteiger partial charge in [-0.1, -0.05) is 54.6 Å². The Morgan fingerprint density at radius 3 is 0.667 bits per heavy atom. The molecule has 3 aliphatic heterocycles. The van der Waals surface area contributed by atoms with Gasteiger partial charge in [0.1, 0.15) is 53.7 Å². The zero-order valence-corrected chi connectivity index (χ0v) is 75.7. The predicted molar refractivity (Wildman–Crippen MR) is 425 cm³/mol. The Bertz CT molecular complexity index is 3770. The fraction of sp³-hybridized carbons (Fsp3) is 0.615. The number of esters is 12. The molecule has 3 fully saturated rings. The van der Waals surface area contributed by atoms with Crippen LogP contribution in [0.2, 0.25) is 0 Å². The van der Waals surface area contributed by atoms with Crippen molar-refractivity contribution in [3.8, 4) is 17.2 Å². The average Bonchev–Trinajstić information content (AvgIpc) is 0.777. The summed E-state index contributed by atoms with van der Waals surface area (Å²) in [5.41, 5.74) is 0. The highest BCUT2D eigenvalue weighted by Gasteiger charge is 2.61. The lowest BCUT2D eigenvalue weighted by atomic mass is 9.95. The number of hydrogen-bond acceptors (Lipinski definition) is 39. The van der Waals surface area contributed by atoms with E-state index < -0.39 is 262 Å². The van der Waals surface area contributed by atoms with E-state index in [0.717, 1.165) is 62.3 Å². The van der Waals surface area contributed by atoms with Crippen LogP contribution in [0.15, 0.2) is 91.0 Å². The minimum atomic E-state index is -4.69. The number of alkyl halides is 3. The van der Waals surface area contributed by atoms with Gasteiger partial charge in [-0.05, 0) is 98.7 Å². The van der Waals surface area contributed by atoms with Crippen LogP contribution < -0.4 is 28.8 Å². The van der Waals surface area contributed by atoms with Crippen molar-refractivity contribution in [1.29, 1.82) is 0 Å². The van der Waals surface area contributed by atoms with Crippen molar-refractivity contribution < 1.29 is 197 Å². The molecule has 0 radical (unpaired) electrons. The maximum absolute atomic E-state index is 15.4. The molecule has 24 atom stereocenters. The molecule has 3 N–H and O–H groups in total. The molecule has 7 unspecified atom stereocenters. The lowest BCUT2D eigenvalue weighted by Crippen LogP contribution is -2.64. The van der Waals surface area contributed by atoms with Crippen molar-refractivity contribution in [2.24, 2.45) is 0 Å². The molecule has 3 aromatic carbocycles. The van der Waals surface area contributed by atoms with Gasteiger partial charge in [0.15, 0.2) is 73.5 Å². The molecule has 0 aliphatic carbocycles. The van der Waals surface area contributed by atoms with E-state index in [1.54, 1.807) is 96.1 Å². The van der Waals surface area contributed by atoms with Crippen LogP contribution >= 0.6 is 23.2 Å². The van der Waals surface area contributed by atoms with Crippen molar-refractivity contribution in [2.75, 3.05) is 41.2 Å². The highest BCUT2D eigenvalue weighted by atomic mass is 31.2. The molecule has 0 amide bonds. The van der Waals surface area contributed by atoms with Gasteiger partial charge in [-0.25, -0.2) is 26.9 Å². The number of benzene rings is 3. The molecule has 3 aliphatic rings. The van der Waals surface area contributed by atoms with Gasteiger partial charge in [0, 0.05) is 83.6 Å². The highest BCUT2D eigenvalue weighted by Crippen LogP contribution is 2.52. The van der Waals surface area contributed by atoms with Crippen LogP contribution in [0, 0.1) is 0 Å². The van der Waals surface area contributed by atoms with E-state index >= 15 is 13.2 Å². The van der Waals surface area contributed by atoms with E-state index in [1.807, 2.05) is 0 Å². The summed E-state index contributed by atoms with van der Waals surface area (Å²) in [6.07, 6.45) is -33.9. The van der Waals surface area contributed by atoms with E-state index in [1.165, 1.54) is 78.5 Å². The number of methoxy groups -OCH3 is 3. The minimum absolute atomic E-state index is 0.0335. The normalized spacial score (nSPS) is 24.9. The van der Waals surface area contributed by atoms with Crippen molar-refractivity contribution in [2.45, 2.75) is 272 Å². The molecule has 42 nitrogen and oxygen atoms in total. The number of carbonyl (C=O) groups excluding carboxylic acids is 12. The number of para-hydroxylation sites is 3. The van der Waals surface area contributed by atoms with E-state index in [-0.39, 0.29) is 17.2 Å². The van der Waals surface area contributed by atoms with Crippen molar-refractivity contribution in [3.05, 3.63) is 91.0 Å². The highest BCUT2D eigenvalue weighted by molar-refractivity contribution is 7.52. The molecular formula is C78H111F3N3O39P3. The molecule has 3 aromatic rings. The molecule has 0 aromatic heterocycles. The summed E-state index contributed by atoms with van der Waals surface area (Å²) in [6.45, 7) is 21.2. The fourth-order valence-corrected chi connectivity index (χ4v) is 16.4. The Hall–Kier alpha value is -9.30. The Kier molecular flexibility index (Phi) is 45.2. The molecule has 126 heavy (non-hydrogen) atoms. The molecule has 3 saturated heterocycles. The topological polar surface area (TPSA) is 514 Å². The number of rotatable bonds is 42. The van der Waals surface area contributed by atoms with E-state index in [4.69, 9.17) is 112 Å². The van der Waals surface area contributed by atoms with Gasteiger partial charge < -0.3 is 98.8 Å². The molecule has 0 bridgehead atoms. The quantitative estimate of drug-likeness (QED) is 0.0276. The molecular weight excluding hydrogens is 1750 g/mol. The number of carbonyl (C=O) groups is 12. The van der Waals surface area contributed by atoms with Crippen LogP contribution in [0.4, 0.5) is 13.2 Å². The van der Waals surface area contributed by atoms with Crippen molar-refractivity contribution >= 4 is 94.9 Å². The Balaban J connectivity index is 0.000000396. The van der Waals surface area contributed by atoms with E-state index in [2.05, 4.69) is 15.3 Å². The largest absolute Gasteiger partial charge is 0.462 e. The molecule has 0 saturated carbocycles. The second-order valence-corrected chi connectivity index (χ2v) is 33.5. The molecule has 3 heterocycles. The second-order valence-electron chi connectivity index (χ2n) is 28.5. The zero-order valence-electron chi connectivity index (χ0n) is 73.0. The zero-order chi connectivity index (χ0) is 94.8. The third-order valence-electron chi connectivity index (χ3n) is 16.2. The molecule has 708 valence electrons. The summed E-state index contributed by atoms with van der Waals surface area (Å²) in [6, 6.07) is 19.3.